The van der Waals surface area contributed by atoms with Crippen LogP contribution in [0.5, 0.6) is 0 Å². The summed E-state index contributed by atoms with van der Waals surface area (Å²) in [6.45, 7) is 2.88. The number of aromatic nitrogens is 1. The van der Waals surface area contributed by atoms with Crippen molar-refractivity contribution in [2.24, 2.45) is 11.1 Å². The van der Waals surface area contributed by atoms with E-state index in [1.165, 1.54) is 13.8 Å². The van der Waals surface area contributed by atoms with E-state index in [0.717, 1.165) is 17.8 Å². The van der Waals surface area contributed by atoms with Crippen molar-refractivity contribution in [3.63, 3.8) is 0 Å². The lowest BCUT2D eigenvalue weighted by molar-refractivity contribution is -0.137. The SMILES string of the molecule is CC(C)(CO)C(O)C(=O)NCCNC(=O)CCSC1=CC(=O)c2onc(C(N)=O)c2C1=O. The van der Waals surface area contributed by atoms with Crippen LogP contribution in [0.2, 0.25) is 0 Å². The number of nitrogens with one attached hydrogen (secondary N) is 2. The van der Waals surface area contributed by atoms with E-state index < -0.39 is 40.6 Å². The number of hydrogen-bond acceptors (Lipinski definition) is 10. The van der Waals surface area contributed by atoms with Gasteiger partial charge in [0, 0.05) is 36.8 Å². The third-order valence-corrected chi connectivity index (χ3v) is 5.61. The maximum absolute atomic E-state index is 12.5. The summed E-state index contributed by atoms with van der Waals surface area (Å²) in [7, 11) is 0. The Bertz CT molecular complexity index is 969. The van der Waals surface area contributed by atoms with Gasteiger partial charge in [0.2, 0.25) is 29.1 Å². The molecule has 0 radical (unpaired) electrons. The number of rotatable bonds is 11. The molecule has 174 valence electrons. The zero-order chi connectivity index (χ0) is 24.1. The summed E-state index contributed by atoms with van der Waals surface area (Å²) in [5, 5.41) is 27.4. The zero-order valence-corrected chi connectivity index (χ0v) is 18.3. The van der Waals surface area contributed by atoms with Crippen molar-refractivity contribution in [2.45, 2.75) is 26.4 Å². The van der Waals surface area contributed by atoms with Gasteiger partial charge >= 0.3 is 0 Å². The van der Waals surface area contributed by atoms with Crippen molar-refractivity contribution in [3.05, 3.63) is 28.0 Å². The Morgan fingerprint density at radius 3 is 2.53 bits per heavy atom. The van der Waals surface area contributed by atoms with Crippen molar-refractivity contribution in [2.75, 3.05) is 25.4 Å². The molecule has 0 saturated carbocycles. The van der Waals surface area contributed by atoms with E-state index in [1.807, 2.05) is 0 Å². The molecule has 3 amide bonds. The first kappa shape index (κ1) is 25.2. The molecule has 1 atom stereocenters. The van der Waals surface area contributed by atoms with Crippen LogP contribution in [-0.2, 0) is 9.59 Å². The van der Waals surface area contributed by atoms with Gasteiger partial charge in [-0.15, -0.1) is 11.8 Å². The maximum atomic E-state index is 12.5. The second-order valence-electron chi connectivity index (χ2n) is 7.59. The number of carbonyl (C=O) groups excluding carboxylic acids is 5. The maximum Gasteiger partial charge on any atom is 0.271 e. The summed E-state index contributed by atoms with van der Waals surface area (Å²) in [5.41, 5.74) is 3.45. The molecule has 1 aliphatic rings. The first-order valence-electron chi connectivity index (χ1n) is 9.56. The van der Waals surface area contributed by atoms with Gasteiger partial charge in [0.15, 0.2) is 5.69 Å². The van der Waals surface area contributed by atoms with Gasteiger partial charge in [0.05, 0.1) is 11.5 Å². The number of thioether (sulfide) groups is 1. The number of primary amides is 1. The molecule has 0 spiro atoms. The molecule has 0 aliphatic heterocycles. The lowest BCUT2D eigenvalue weighted by Crippen LogP contribution is -2.47. The van der Waals surface area contributed by atoms with E-state index in [-0.39, 0.29) is 54.0 Å². The van der Waals surface area contributed by atoms with E-state index in [0.29, 0.717) is 0 Å². The van der Waals surface area contributed by atoms with Crippen molar-refractivity contribution in [1.29, 1.82) is 0 Å². The Hall–Kier alpha value is -3.03. The average Bonchev–Trinajstić information content (AvgIpc) is 3.20. The minimum atomic E-state index is -1.40. The van der Waals surface area contributed by atoms with Gasteiger partial charge in [-0.3, -0.25) is 24.0 Å². The molecule has 0 bridgehead atoms. The second-order valence-corrected chi connectivity index (χ2v) is 8.73. The Kier molecular flexibility index (Phi) is 8.30. The summed E-state index contributed by atoms with van der Waals surface area (Å²) in [6.07, 6.45) is -0.334. The number of nitrogens with two attached hydrogens (primary N) is 1. The van der Waals surface area contributed by atoms with Crippen molar-refractivity contribution < 1.29 is 38.7 Å². The third kappa shape index (κ3) is 5.81. The van der Waals surface area contributed by atoms with Crippen LogP contribution >= 0.6 is 11.8 Å². The number of nitrogens with zero attached hydrogens (tertiary/aromatic N) is 1. The summed E-state index contributed by atoms with van der Waals surface area (Å²) < 4.78 is 4.74. The van der Waals surface area contributed by atoms with Gasteiger partial charge in [0.1, 0.15) is 11.7 Å². The minimum Gasteiger partial charge on any atom is -0.396 e. The van der Waals surface area contributed by atoms with Gasteiger partial charge in [-0.05, 0) is 0 Å². The number of allylic oxidation sites excluding steroid dienone is 2. The lowest BCUT2D eigenvalue weighted by atomic mass is 9.87. The Balaban J connectivity index is 1.76. The topological polar surface area (TPSA) is 202 Å². The summed E-state index contributed by atoms with van der Waals surface area (Å²) in [5.74, 6) is -3.46. The molecule has 1 unspecified atom stereocenters. The van der Waals surface area contributed by atoms with Crippen molar-refractivity contribution in [3.8, 4) is 0 Å². The molecule has 2 rings (SSSR count). The zero-order valence-electron chi connectivity index (χ0n) is 17.5. The first-order chi connectivity index (χ1) is 15.0. The summed E-state index contributed by atoms with van der Waals surface area (Å²) in [6, 6.07) is 0. The number of fused-ring (bicyclic) bond motifs is 1. The van der Waals surface area contributed by atoms with Crippen LogP contribution in [0.25, 0.3) is 0 Å². The lowest BCUT2D eigenvalue weighted by Gasteiger charge is -2.27. The predicted molar refractivity (Wildman–Crippen MR) is 112 cm³/mol. The van der Waals surface area contributed by atoms with Gasteiger partial charge in [-0.2, -0.15) is 0 Å². The number of Topliss-reactive ketones (excluding diaryl/α,β-unsaturated/α-hetero) is 1. The highest BCUT2D eigenvalue weighted by molar-refractivity contribution is 8.04. The molecule has 32 heavy (non-hydrogen) atoms. The molecule has 0 saturated heterocycles. The van der Waals surface area contributed by atoms with Crippen LogP contribution < -0.4 is 16.4 Å². The number of aliphatic hydroxyl groups excluding tert-OH is 2. The van der Waals surface area contributed by atoms with Gasteiger partial charge in [0.25, 0.3) is 5.91 Å². The fourth-order valence-electron chi connectivity index (χ4n) is 2.59. The monoisotopic (exact) mass is 468 g/mol. The van der Waals surface area contributed by atoms with Crippen molar-refractivity contribution >= 4 is 41.0 Å². The van der Waals surface area contributed by atoms with E-state index >= 15 is 0 Å². The Morgan fingerprint density at radius 2 is 1.91 bits per heavy atom. The van der Waals surface area contributed by atoms with E-state index in [2.05, 4.69) is 15.8 Å². The van der Waals surface area contributed by atoms with Gasteiger partial charge in [-0.25, -0.2) is 0 Å². The molecule has 6 N–H and O–H groups in total. The highest BCUT2D eigenvalue weighted by atomic mass is 32.2. The molecule has 13 heteroatoms. The van der Waals surface area contributed by atoms with Crippen LogP contribution in [0.1, 0.15) is 51.7 Å². The second kappa shape index (κ2) is 10.5. The highest BCUT2D eigenvalue weighted by Crippen LogP contribution is 2.30. The largest absolute Gasteiger partial charge is 0.396 e. The number of carbonyl (C=O) groups is 5. The quantitative estimate of drug-likeness (QED) is 0.245. The molecule has 1 aromatic rings. The van der Waals surface area contributed by atoms with E-state index in [9.17, 15) is 29.1 Å². The Labute approximate surface area is 186 Å². The van der Waals surface area contributed by atoms with Gasteiger partial charge in [-0.1, -0.05) is 19.0 Å². The number of hydrogen-bond donors (Lipinski definition) is 5. The molecule has 1 aliphatic carbocycles. The highest BCUT2D eigenvalue weighted by Gasteiger charge is 2.35. The molecule has 0 aromatic carbocycles. The van der Waals surface area contributed by atoms with E-state index in [1.54, 1.807) is 0 Å². The number of ketones is 2. The molecule has 1 aromatic heterocycles. The fourth-order valence-corrected chi connectivity index (χ4v) is 3.52. The van der Waals surface area contributed by atoms with Crippen LogP contribution in [-0.4, -0.2) is 76.2 Å². The molecular formula is C19H24N4O8S. The van der Waals surface area contributed by atoms with Crippen LogP contribution in [0.3, 0.4) is 0 Å². The third-order valence-electron chi connectivity index (χ3n) is 4.59. The molecule has 0 fully saturated rings. The smallest absolute Gasteiger partial charge is 0.271 e. The van der Waals surface area contributed by atoms with Crippen LogP contribution in [0.4, 0.5) is 0 Å². The van der Waals surface area contributed by atoms with Crippen LogP contribution in [0.15, 0.2) is 15.5 Å². The molecular weight excluding hydrogens is 444 g/mol. The number of amides is 3. The number of aliphatic hydroxyl groups is 2. The minimum absolute atomic E-state index is 0.0107. The first-order valence-corrected chi connectivity index (χ1v) is 10.5. The standard InChI is InChI=1S/C19H24N4O8S/c1-19(2,8-24)16(28)18(30)22-5-4-21-11(26)3-6-32-10-7-9(25)15-12(14(10)27)13(17(20)29)23-31-15/h7,16,24,28H,3-6,8H2,1-2H3,(H2,20,29)(H,21,26)(H,22,30). The summed E-state index contributed by atoms with van der Waals surface area (Å²) >= 11 is 0.960. The molecule has 1 heterocycles. The Morgan fingerprint density at radius 1 is 1.25 bits per heavy atom. The normalized spacial score (nSPS) is 14.4. The molecule has 12 nitrogen and oxygen atoms in total. The average molecular weight is 468 g/mol. The van der Waals surface area contributed by atoms with Crippen molar-refractivity contribution in [1.82, 2.24) is 15.8 Å². The fraction of sp³-hybridized carbons (Fsp3) is 0.474. The predicted octanol–water partition coefficient (Wildman–Crippen LogP) is -1.23. The van der Waals surface area contributed by atoms with E-state index in [4.69, 9.17) is 15.4 Å². The van der Waals surface area contributed by atoms with Crippen LogP contribution in [0, 0.1) is 5.41 Å². The van der Waals surface area contributed by atoms with Gasteiger partial charge < -0.3 is 31.1 Å². The summed E-state index contributed by atoms with van der Waals surface area (Å²) in [4.78, 5) is 59.8.